The van der Waals surface area contributed by atoms with E-state index in [0.29, 0.717) is 5.89 Å². The van der Waals surface area contributed by atoms with E-state index in [1.54, 1.807) is 11.3 Å². The number of hydrogen-bond donors (Lipinski definition) is 0. The van der Waals surface area contributed by atoms with E-state index in [1.807, 2.05) is 30.3 Å². The van der Waals surface area contributed by atoms with Gasteiger partial charge in [-0.05, 0) is 173 Å². The molecule has 2 unspecified atom stereocenters. The summed E-state index contributed by atoms with van der Waals surface area (Å²) < 4.78 is 30.4. The highest BCUT2D eigenvalue weighted by Gasteiger charge is 2.59. The Hall–Kier alpha value is -15.0. The third-order valence-corrected chi connectivity index (χ3v) is 26.7. The van der Waals surface area contributed by atoms with E-state index < -0.39 is 16.2 Å². The van der Waals surface area contributed by atoms with Crippen molar-refractivity contribution in [3.05, 3.63) is 443 Å². The van der Waals surface area contributed by atoms with Crippen molar-refractivity contribution in [2.24, 2.45) is 0 Å². The summed E-state index contributed by atoms with van der Waals surface area (Å²) in [5, 5.41) is 4.52. The summed E-state index contributed by atoms with van der Waals surface area (Å²) in [4.78, 5) is 15.2. The Bertz CT molecular complexity index is 7910. The van der Waals surface area contributed by atoms with E-state index in [1.165, 1.54) is 122 Å². The predicted octanol–water partition coefficient (Wildman–Crippen LogP) is 27.4. The molecule has 22 aromatic rings. The molecular formula is C108H62N4O4S. The van der Waals surface area contributed by atoms with Crippen molar-refractivity contribution in [2.75, 3.05) is 0 Å². The van der Waals surface area contributed by atoms with Crippen molar-refractivity contribution in [1.82, 2.24) is 19.5 Å². The van der Waals surface area contributed by atoms with Gasteiger partial charge in [-0.3, -0.25) is 4.57 Å². The third-order valence-electron chi connectivity index (χ3n) is 25.7. The van der Waals surface area contributed by atoms with Gasteiger partial charge in [0.25, 0.3) is 0 Å². The Labute approximate surface area is 674 Å². The van der Waals surface area contributed by atoms with Crippen molar-refractivity contribution in [3.63, 3.8) is 0 Å². The van der Waals surface area contributed by atoms with Gasteiger partial charge in [-0.1, -0.05) is 297 Å². The van der Waals surface area contributed by atoms with Gasteiger partial charge in [0, 0.05) is 60.8 Å². The number of benzene rings is 16. The molecule has 6 heterocycles. The third kappa shape index (κ3) is 8.46. The van der Waals surface area contributed by atoms with Gasteiger partial charge in [0.1, 0.15) is 66.6 Å². The number of furan rings is 3. The lowest BCUT2D eigenvalue weighted by molar-refractivity contribution is 0.506. The Morgan fingerprint density at radius 1 is 0.248 bits per heavy atom. The molecule has 3 spiro atoms. The summed E-state index contributed by atoms with van der Waals surface area (Å²) in [5.41, 5.74) is 36.3. The van der Waals surface area contributed by atoms with Crippen LogP contribution in [-0.2, 0) is 16.2 Å². The maximum absolute atomic E-state index is 6.91. The molecule has 0 aliphatic heterocycles. The maximum atomic E-state index is 6.91. The van der Waals surface area contributed by atoms with Crippen molar-refractivity contribution in [2.45, 2.75) is 16.2 Å². The zero-order valence-electron chi connectivity index (χ0n) is 62.6. The SMILES string of the molecule is c1ccc(-n2c(-c3ccc4c(c3)C3(c5ccccc5-4)c4ccccc4-c4c3oc3ccccc43)nc3ccccc32)cc1.c1ccc2c(c1)-c1c(-c3nc4ccccc4o3)cccc1C21c2ccccc2-c2c1oc1ccccc21.c1ccc2c(c1)-c1ccccc1C21c2cccc(-c3nc4ccccc4s3)c2-c2c1oc1ccccc21. The number of oxazole rings is 1. The van der Waals surface area contributed by atoms with Crippen LogP contribution in [0.5, 0.6) is 0 Å². The summed E-state index contributed by atoms with van der Waals surface area (Å²) in [6, 6.07) is 133. The monoisotopic (exact) mass is 1510 g/mol. The molecule has 2 atom stereocenters. The number of imidazole rings is 1. The molecule has 28 rings (SSSR count). The van der Waals surface area contributed by atoms with Crippen molar-refractivity contribution in [3.8, 4) is 106 Å². The lowest BCUT2D eigenvalue weighted by atomic mass is 9.73. The second kappa shape index (κ2) is 24.0. The Morgan fingerprint density at radius 2 is 0.650 bits per heavy atom. The number of para-hydroxylation sites is 9. The number of hydrogen-bond acceptors (Lipinski definition) is 8. The standard InChI is InChI=1S/C40H24N2O.C34H19NO2.C34H19NOS/c1-2-12-26(13-3-1)42-35-20-10-9-19-34(35)41-39(42)25-22-23-28-27-14-4-7-17-31(27)40(33(28)24-25)32-18-8-5-15-29(32)37-30-16-6-11-21-36(30)43-38(37)40;1-4-14-24-20(10-1)30-23(33-35-27-17-6-8-19-29(27)37-33)13-9-16-26(30)34(24)25-15-5-2-11-21(25)31-22-12-3-7-18-28(22)36-32(31)34;1-4-14-24-20(10-1)21-11-2-5-15-25(21)34(24)26-16-9-13-23(33-35-27-17-6-8-19-29(27)37-33)30(26)31-22-12-3-7-18-28(22)36-32(31)34/h1-24H;2*1-19H. The quantitative estimate of drug-likeness (QED) is 0.173. The van der Waals surface area contributed by atoms with Crippen LogP contribution in [0.3, 0.4) is 0 Å². The van der Waals surface area contributed by atoms with Crippen molar-refractivity contribution in [1.29, 1.82) is 0 Å². The fourth-order valence-electron chi connectivity index (χ4n) is 21.2. The van der Waals surface area contributed by atoms with Gasteiger partial charge in [-0.25, -0.2) is 15.0 Å². The molecule has 6 aromatic heterocycles. The molecular weight excluding hydrogens is 1450 g/mol. The molecule has 0 bridgehead atoms. The molecule has 0 saturated carbocycles. The number of nitrogens with zero attached hydrogens (tertiary/aromatic N) is 4. The summed E-state index contributed by atoms with van der Waals surface area (Å²) in [5.74, 6) is 4.60. The molecule has 0 saturated heterocycles. The lowest BCUT2D eigenvalue weighted by Crippen LogP contribution is -2.25. The normalized spacial score (nSPS) is 15.7. The molecule has 8 nitrogen and oxygen atoms in total. The highest BCUT2D eigenvalue weighted by atomic mass is 32.1. The van der Waals surface area contributed by atoms with Crippen LogP contribution < -0.4 is 0 Å². The fraction of sp³-hybridized carbons (Fsp3) is 0.0278. The van der Waals surface area contributed by atoms with E-state index in [9.17, 15) is 0 Å². The highest BCUT2D eigenvalue weighted by molar-refractivity contribution is 7.21. The van der Waals surface area contributed by atoms with Gasteiger partial charge < -0.3 is 17.7 Å². The average molecular weight is 1510 g/mol. The van der Waals surface area contributed by atoms with Crippen LogP contribution in [0, 0.1) is 0 Å². The summed E-state index contributed by atoms with van der Waals surface area (Å²) in [6.07, 6.45) is 0. The molecule has 16 aromatic carbocycles. The van der Waals surface area contributed by atoms with E-state index in [2.05, 4.69) is 350 Å². The molecule has 0 amide bonds. The minimum atomic E-state index is -0.559. The van der Waals surface area contributed by atoms with E-state index >= 15 is 0 Å². The van der Waals surface area contributed by atoms with Crippen LogP contribution in [0.15, 0.2) is 394 Å². The summed E-state index contributed by atoms with van der Waals surface area (Å²) in [6.45, 7) is 0. The topological polar surface area (TPSA) is 96.2 Å². The van der Waals surface area contributed by atoms with Gasteiger partial charge >= 0.3 is 0 Å². The first kappa shape index (κ1) is 64.5. The number of rotatable bonds is 4. The van der Waals surface area contributed by atoms with E-state index in [0.717, 1.165) is 111 Å². The molecule has 0 N–H and O–H groups in total. The predicted molar refractivity (Wildman–Crippen MR) is 469 cm³/mol. The molecule has 544 valence electrons. The van der Waals surface area contributed by atoms with Gasteiger partial charge in [-0.15, -0.1) is 11.3 Å². The highest BCUT2D eigenvalue weighted by Crippen LogP contribution is 2.69. The van der Waals surface area contributed by atoms with Crippen LogP contribution in [0.25, 0.3) is 171 Å². The van der Waals surface area contributed by atoms with Crippen LogP contribution in [-0.4, -0.2) is 19.5 Å². The summed E-state index contributed by atoms with van der Waals surface area (Å²) >= 11 is 1.76. The minimum absolute atomic E-state index is 0.496. The van der Waals surface area contributed by atoms with Crippen LogP contribution in [0.1, 0.15) is 67.4 Å². The van der Waals surface area contributed by atoms with Gasteiger partial charge in [0.05, 0.1) is 21.3 Å². The van der Waals surface area contributed by atoms with Crippen LogP contribution in [0.4, 0.5) is 0 Å². The second-order valence-corrected chi connectivity index (χ2v) is 32.2. The lowest BCUT2D eigenvalue weighted by Gasteiger charge is -2.28. The number of thiazole rings is 1. The molecule has 9 heteroatoms. The average Bonchev–Trinajstić information content (AvgIpc) is 1.51. The molecule has 117 heavy (non-hydrogen) atoms. The molecule has 6 aliphatic carbocycles. The number of fused-ring (bicyclic) bond motifs is 39. The fourth-order valence-corrected chi connectivity index (χ4v) is 22.2. The summed E-state index contributed by atoms with van der Waals surface area (Å²) in [7, 11) is 0. The van der Waals surface area contributed by atoms with Gasteiger partial charge in [0.15, 0.2) is 5.58 Å². The van der Waals surface area contributed by atoms with Gasteiger partial charge in [0.2, 0.25) is 5.89 Å². The number of aromatic nitrogens is 4. The maximum Gasteiger partial charge on any atom is 0.227 e. The van der Waals surface area contributed by atoms with Crippen LogP contribution in [0.2, 0.25) is 0 Å². The first-order valence-corrected chi connectivity index (χ1v) is 40.7. The Balaban J connectivity index is 0.0000000961. The first-order chi connectivity index (χ1) is 58.0. The smallest absolute Gasteiger partial charge is 0.227 e. The molecule has 6 aliphatic rings. The van der Waals surface area contributed by atoms with E-state index in [4.69, 9.17) is 32.6 Å². The van der Waals surface area contributed by atoms with Crippen molar-refractivity contribution < 1.29 is 17.7 Å². The Morgan fingerprint density at radius 3 is 1.21 bits per heavy atom. The second-order valence-electron chi connectivity index (χ2n) is 31.2. The Kier molecular flexibility index (Phi) is 13.2. The largest absolute Gasteiger partial charge is 0.459 e. The minimum Gasteiger partial charge on any atom is -0.459 e. The first-order valence-electron chi connectivity index (χ1n) is 39.9. The van der Waals surface area contributed by atoms with Crippen molar-refractivity contribution >= 4 is 76.6 Å². The zero-order valence-corrected chi connectivity index (χ0v) is 63.4. The molecule has 0 radical (unpaired) electrons. The van der Waals surface area contributed by atoms with Gasteiger partial charge in [-0.2, -0.15) is 0 Å². The van der Waals surface area contributed by atoms with E-state index in [-0.39, 0.29) is 0 Å². The zero-order chi connectivity index (χ0) is 76.4. The van der Waals surface area contributed by atoms with Crippen LogP contribution >= 0.6 is 11.3 Å². The molecule has 0 fully saturated rings.